The molecule has 0 aliphatic carbocycles. The Hall–Kier alpha value is -2.46. The number of amidine groups is 2. The summed E-state index contributed by atoms with van der Waals surface area (Å²) in [5.74, 6) is 1.79. The van der Waals surface area contributed by atoms with Gasteiger partial charge in [0.15, 0.2) is 10.3 Å². The molecule has 4 rings (SSSR count). The molecule has 2 heterocycles. The Morgan fingerprint density at radius 1 is 0.761 bits per heavy atom. The Morgan fingerprint density at radius 3 is 1.67 bits per heavy atom. The number of hydrogen-bond donors (Lipinski definition) is 0. The van der Waals surface area contributed by atoms with Crippen LogP contribution in [-0.2, 0) is 0 Å². The number of aliphatic imine (C=N–C) groups is 2. The van der Waals surface area contributed by atoms with E-state index < -0.39 is 0 Å². The molecule has 2 aliphatic heterocycles. The van der Waals surface area contributed by atoms with Gasteiger partial charge < -0.3 is 19.3 Å². The van der Waals surface area contributed by atoms with Crippen LogP contribution in [-0.4, -0.2) is 120 Å². The summed E-state index contributed by atoms with van der Waals surface area (Å²) in [6, 6.07) is 16.2. The summed E-state index contributed by atoms with van der Waals surface area (Å²) in [5.41, 5.74) is 0. The molecular weight excluding hydrogens is 752 g/mol. The lowest BCUT2D eigenvalue weighted by atomic mass is 10.2. The van der Waals surface area contributed by atoms with Gasteiger partial charge in [-0.25, -0.2) is 0 Å². The van der Waals surface area contributed by atoms with Crippen LogP contribution >= 0.6 is 55.4 Å². The number of nitriles is 2. The number of thioether (sulfide) groups is 2. The smallest absolute Gasteiger partial charge is 0.208 e. The van der Waals surface area contributed by atoms with Gasteiger partial charge >= 0.3 is 0 Å². The molecule has 2 fully saturated rings. The van der Waals surface area contributed by atoms with Crippen molar-refractivity contribution in [2.24, 2.45) is 9.98 Å². The van der Waals surface area contributed by atoms with Crippen molar-refractivity contribution in [3.05, 3.63) is 57.5 Å². The molecule has 2 aliphatic rings. The third-order valence-electron chi connectivity index (χ3n) is 7.48. The molecule has 46 heavy (non-hydrogen) atoms. The first-order valence-electron chi connectivity index (χ1n) is 15.0. The van der Waals surface area contributed by atoms with Crippen molar-refractivity contribution in [1.82, 2.24) is 19.6 Å². The topological polar surface area (TPSA) is 104 Å². The van der Waals surface area contributed by atoms with E-state index in [0.29, 0.717) is 12.6 Å². The van der Waals surface area contributed by atoms with Gasteiger partial charge in [-0.3, -0.25) is 9.80 Å². The van der Waals surface area contributed by atoms with Gasteiger partial charge in [-0.05, 0) is 74.9 Å². The largest absolute Gasteiger partial charge is 0.492 e. The molecular formula is C32H42Br2N8O2S2. The molecule has 2 saturated heterocycles. The summed E-state index contributed by atoms with van der Waals surface area (Å²) in [6.07, 6.45) is 7.81. The van der Waals surface area contributed by atoms with Crippen molar-refractivity contribution in [2.45, 2.75) is 26.0 Å². The Morgan fingerprint density at radius 2 is 1.22 bits per heavy atom. The number of halogens is 2. The summed E-state index contributed by atoms with van der Waals surface area (Å²) in [6.45, 7) is 13.2. The molecule has 0 amide bonds. The summed E-state index contributed by atoms with van der Waals surface area (Å²) in [4.78, 5) is 16.9. The Kier molecular flexibility index (Phi) is 17.1. The highest BCUT2D eigenvalue weighted by Crippen LogP contribution is 2.19. The summed E-state index contributed by atoms with van der Waals surface area (Å²) < 4.78 is 13.9. The number of ether oxygens (including phenoxy) is 2. The summed E-state index contributed by atoms with van der Waals surface area (Å²) in [7, 11) is 0. The lowest BCUT2D eigenvalue weighted by molar-refractivity contribution is 0.106. The van der Waals surface area contributed by atoms with Crippen LogP contribution < -0.4 is 9.47 Å². The minimum atomic E-state index is 0.135. The standard InChI is InChI=1S/2C16H21BrN4OS/c1-13(11-22-15-5-3-14(17)4-6-15)20-7-9-21(10-8-20)16(23-2)19-12-18;1-13(22-15-5-3-14(17)4-6-15)11-20-7-9-21(10-8-20)16(23-2)19-12-18/h2*3-6,13H,7-11H2,1-2H3. The Balaban J connectivity index is 0.000000250. The van der Waals surface area contributed by atoms with Gasteiger partial charge in [-0.1, -0.05) is 55.4 Å². The minimum Gasteiger partial charge on any atom is -0.492 e. The van der Waals surface area contributed by atoms with Gasteiger partial charge in [0.2, 0.25) is 12.4 Å². The van der Waals surface area contributed by atoms with Crippen molar-refractivity contribution in [1.29, 1.82) is 10.5 Å². The highest BCUT2D eigenvalue weighted by molar-refractivity contribution is 9.10. The second-order valence-corrected chi connectivity index (χ2v) is 14.1. The molecule has 0 radical (unpaired) electrons. The molecule has 10 nitrogen and oxygen atoms in total. The van der Waals surface area contributed by atoms with Gasteiger partial charge in [-0.15, -0.1) is 9.98 Å². The fourth-order valence-electron chi connectivity index (χ4n) is 5.05. The molecule has 2 aromatic rings. The SMILES string of the molecule is CSC(=NC#N)N1CCN(C(C)COc2ccc(Br)cc2)CC1.CSC(=NC#N)N1CCN(CC(C)Oc2ccc(Br)cc2)CC1. The fourth-order valence-corrected chi connectivity index (χ4v) is 6.73. The molecule has 0 spiro atoms. The average molecular weight is 795 g/mol. The van der Waals surface area contributed by atoms with Crippen LogP contribution in [0.1, 0.15) is 13.8 Å². The molecule has 2 aromatic carbocycles. The van der Waals surface area contributed by atoms with Crippen molar-refractivity contribution in [3.8, 4) is 23.9 Å². The van der Waals surface area contributed by atoms with E-state index in [-0.39, 0.29) is 6.10 Å². The molecule has 248 valence electrons. The predicted octanol–water partition coefficient (Wildman–Crippen LogP) is 6.07. The van der Waals surface area contributed by atoms with E-state index in [1.165, 1.54) is 23.5 Å². The summed E-state index contributed by atoms with van der Waals surface area (Å²) >= 11 is 9.90. The number of benzene rings is 2. The van der Waals surface area contributed by atoms with Crippen molar-refractivity contribution >= 4 is 65.7 Å². The third kappa shape index (κ3) is 13.0. The predicted molar refractivity (Wildman–Crippen MR) is 198 cm³/mol. The van der Waals surface area contributed by atoms with Crippen molar-refractivity contribution in [3.63, 3.8) is 0 Å². The maximum Gasteiger partial charge on any atom is 0.208 e. The number of hydrogen-bond acceptors (Lipinski definition) is 10. The van der Waals surface area contributed by atoms with E-state index in [0.717, 1.165) is 89.7 Å². The number of nitrogens with zero attached hydrogens (tertiary/aromatic N) is 8. The zero-order valence-corrected chi connectivity index (χ0v) is 31.6. The highest BCUT2D eigenvalue weighted by Gasteiger charge is 2.24. The third-order valence-corrected chi connectivity index (χ3v) is 9.97. The molecule has 0 bridgehead atoms. The maximum absolute atomic E-state index is 8.73. The molecule has 2 atom stereocenters. The Bertz CT molecular complexity index is 1340. The first-order valence-corrected chi connectivity index (χ1v) is 19.1. The van der Waals surface area contributed by atoms with Gasteiger partial charge in [0, 0.05) is 73.9 Å². The van der Waals surface area contributed by atoms with Crippen LogP contribution in [0.5, 0.6) is 11.5 Å². The molecule has 14 heteroatoms. The fraction of sp³-hybridized carbons (Fsp3) is 0.500. The van der Waals surface area contributed by atoms with E-state index in [2.05, 4.69) is 75.3 Å². The van der Waals surface area contributed by atoms with Gasteiger partial charge in [0.25, 0.3) is 0 Å². The highest BCUT2D eigenvalue weighted by atomic mass is 79.9. The molecule has 0 saturated carbocycles. The zero-order chi connectivity index (χ0) is 33.3. The van der Waals surface area contributed by atoms with Crippen molar-refractivity contribution < 1.29 is 9.47 Å². The van der Waals surface area contributed by atoms with E-state index >= 15 is 0 Å². The van der Waals surface area contributed by atoms with Crippen LogP contribution in [0.4, 0.5) is 0 Å². The monoisotopic (exact) mass is 792 g/mol. The van der Waals surface area contributed by atoms with Gasteiger partial charge in [0.05, 0.1) is 0 Å². The lowest BCUT2D eigenvalue weighted by Gasteiger charge is -2.38. The number of piperazine rings is 2. The first kappa shape index (κ1) is 38.0. The molecule has 0 N–H and O–H groups in total. The van der Waals surface area contributed by atoms with Gasteiger partial charge in [0.1, 0.15) is 24.2 Å². The van der Waals surface area contributed by atoms with Crippen molar-refractivity contribution in [2.75, 3.05) is 78.0 Å². The minimum absolute atomic E-state index is 0.135. The maximum atomic E-state index is 8.73. The second-order valence-electron chi connectivity index (χ2n) is 10.7. The van der Waals surface area contributed by atoms with Crippen LogP contribution in [0.2, 0.25) is 0 Å². The summed E-state index contributed by atoms with van der Waals surface area (Å²) in [5, 5.41) is 19.1. The molecule has 2 unspecified atom stereocenters. The van der Waals surface area contributed by atoms with Gasteiger partial charge in [-0.2, -0.15) is 10.5 Å². The first-order chi connectivity index (χ1) is 22.3. The second kappa shape index (κ2) is 20.7. The zero-order valence-electron chi connectivity index (χ0n) is 26.8. The quantitative estimate of drug-likeness (QED) is 0.178. The van der Waals surface area contributed by atoms with E-state index in [1.54, 1.807) is 0 Å². The number of rotatable bonds is 8. The van der Waals surface area contributed by atoms with E-state index in [1.807, 2.05) is 73.4 Å². The Labute approximate surface area is 299 Å². The normalized spacial score (nSPS) is 17.7. The van der Waals surface area contributed by atoms with Crippen LogP contribution in [0.15, 0.2) is 67.5 Å². The van der Waals surface area contributed by atoms with Crippen LogP contribution in [0.3, 0.4) is 0 Å². The van der Waals surface area contributed by atoms with Crippen LogP contribution in [0, 0.1) is 22.9 Å². The molecule has 0 aromatic heterocycles. The van der Waals surface area contributed by atoms with E-state index in [4.69, 9.17) is 20.0 Å². The lowest BCUT2D eigenvalue weighted by Crippen LogP contribution is -2.52. The average Bonchev–Trinajstić information content (AvgIpc) is 3.07. The van der Waals surface area contributed by atoms with Crippen LogP contribution in [0.25, 0.3) is 0 Å². The van der Waals surface area contributed by atoms with E-state index in [9.17, 15) is 0 Å².